The van der Waals surface area contributed by atoms with Crippen LogP contribution in [0.1, 0.15) is 46.5 Å². The fraction of sp³-hybridized carbons (Fsp3) is 1.00. The maximum absolute atomic E-state index is 3.43. The highest BCUT2D eigenvalue weighted by Gasteiger charge is 2.32. The normalized spacial score (nSPS) is 24.0. The molecule has 0 aliphatic carbocycles. The van der Waals surface area contributed by atoms with Gasteiger partial charge in [-0.3, -0.25) is 4.90 Å². The minimum atomic E-state index is 0.433. The van der Waals surface area contributed by atoms with Crippen molar-refractivity contribution in [1.82, 2.24) is 10.2 Å². The monoisotopic (exact) mass is 198 g/mol. The van der Waals surface area contributed by atoms with Gasteiger partial charge in [0.2, 0.25) is 0 Å². The Balaban J connectivity index is 2.41. The van der Waals surface area contributed by atoms with Crippen molar-refractivity contribution in [1.29, 1.82) is 0 Å². The molecule has 1 aliphatic heterocycles. The molecule has 2 heteroatoms. The summed E-state index contributed by atoms with van der Waals surface area (Å²) in [6, 6.07) is 0.678. The summed E-state index contributed by atoms with van der Waals surface area (Å²) >= 11 is 0. The first-order valence-electron chi connectivity index (χ1n) is 6.02. The predicted molar refractivity (Wildman–Crippen MR) is 62.6 cm³/mol. The molecule has 1 aliphatic rings. The number of nitrogens with zero attached hydrogens (tertiary/aromatic N) is 1. The van der Waals surface area contributed by atoms with Crippen LogP contribution in [-0.2, 0) is 0 Å². The summed E-state index contributed by atoms with van der Waals surface area (Å²) < 4.78 is 0. The standard InChI is InChI=1S/C12H26N2/c1-5-7-11(13-4)10-14-9-6-8-12(14,2)3/h11,13H,5-10H2,1-4H3. The number of nitrogens with one attached hydrogen (secondary N) is 1. The third kappa shape index (κ3) is 2.96. The highest BCUT2D eigenvalue weighted by atomic mass is 15.2. The summed E-state index contributed by atoms with van der Waals surface area (Å²) in [5.41, 5.74) is 0.433. The van der Waals surface area contributed by atoms with E-state index in [1.54, 1.807) is 0 Å². The molecule has 0 amide bonds. The smallest absolute Gasteiger partial charge is 0.0192 e. The molecule has 1 N–H and O–H groups in total. The predicted octanol–water partition coefficient (Wildman–Crippen LogP) is 2.25. The number of likely N-dealkylation sites (tertiary alicyclic amines) is 1. The Bertz CT molecular complexity index is 166. The van der Waals surface area contributed by atoms with E-state index in [1.165, 1.54) is 38.8 Å². The molecule has 1 atom stereocenters. The first-order chi connectivity index (χ1) is 6.60. The van der Waals surface area contributed by atoms with Gasteiger partial charge in [0.1, 0.15) is 0 Å². The minimum Gasteiger partial charge on any atom is -0.316 e. The van der Waals surface area contributed by atoms with E-state index >= 15 is 0 Å². The molecule has 0 aromatic heterocycles. The lowest BCUT2D eigenvalue weighted by Gasteiger charge is -2.34. The number of hydrogen-bond donors (Lipinski definition) is 1. The van der Waals surface area contributed by atoms with Crippen molar-refractivity contribution in [3.8, 4) is 0 Å². The Labute approximate surface area is 89.1 Å². The van der Waals surface area contributed by atoms with Crippen molar-refractivity contribution in [3.05, 3.63) is 0 Å². The molecular formula is C12H26N2. The van der Waals surface area contributed by atoms with Gasteiger partial charge >= 0.3 is 0 Å². The first kappa shape index (κ1) is 12.0. The van der Waals surface area contributed by atoms with Crippen LogP contribution in [0.25, 0.3) is 0 Å². The van der Waals surface area contributed by atoms with Gasteiger partial charge in [-0.2, -0.15) is 0 Å². The molecule has 0 aromatic carbocycles. The Morgan fingerprint density at radius 2 is 2.14 bits per heavy atom. The van der Waals surface area contributed by atoms with Crippen molar-refractivity contribution < 1.29 is 0 Å². The van der Waals surface area contributed by atoms with Crippen molar-refractivity contribution in [2.75, 3.05) is 20.1 Å². The summed E-state index contributed by atoms with van der Waals surface area (Å²) in [6.45, 7) is 9.52. The molecular weight excluding hydrogens is 172 g/mol. The quantitative estimate of drug-likeness (QED) is 0.729. The molecule has 1 saturated heterocycles. The molecule has 0 radical (unpaired) electrons. The SMILES string of the molecule is CCCC(CN1CCCC1(C)C)NC. The van der Waals surface area contributed by atoms with E-state index in [4.69, 9.17) is 0 Å². The van der Waals surface area contributed by atoms with Crippen LogP contribution < -0.4 is 5.32 Å². The lowest BCUT2D eigenvalue weighted by atomic mass is 10.0. The van der Waals surface area contributed by atoms with E-state index < -0.39 is 0 Å². The summed E-state index contributed by atoms with van der Waals surface area (Å²) in [5.74, 6) is 0. The van der Waals surface area contributed by atoms with Gasteiger partial charge in [-0.05, 0) is 46.7 Å². The third-order valence-corrected chi connectivity index (χ3v) is 3.56. The minimum absolute atomic E-state index is 0.433. The van der Waals surface area contributed by atoms with Gasteiger partial charge in [0.25, 0.3) is 0 Å². The third-order valence-electron chi connectivity index (χ3n) is 3.56. The molecule has 1 rings (SSSR count). The highest BCUT2D eigenvalue weighted by molar-refractivity contribution is 4.89. The van der Waals surface area contributed by atoms with Crippen LogP contribution in [0.4, 0.5) is 0 Å². The van der Waals surface area contributed by atoms with E-state index in [2.05, 4.69) is 38.0 Å². The number of likely N-dealkylation sites (N-methyl/N-ethyl adjacent to an activating group) is 1. The van der Waals surface area contributed by atoms with Crippen LogP contribution in [0.2, 0.25) is 0 Å². The second-order valence-electron chi connectivity index (χ2n) is 5.14. The number of hydrogen-bond acceptors (Lipinski definition) is 2. The van der Waals surface area contributed by atoms with Gasteiger partial charge in [-0.1, -0.05) is 13.3 Å². The average Bonchev–Trinajstić information content (AvgIpc) is 2.45. The van der Waals surface area contributed by atoms with Gasteiger partial charge in [-0.15, -0.1) is 0 Å². The van der Waals surface area contributed by atoms with E-state index in [1.807, 2.05) is 0 Å². The van der Waals surface area contributed by atoms with Crippen LogP contribution in [0.5, 0.6) is 0 Å². The summed E-state index contributed by atoms with van der Waals surface area (Å²) in [6.07, 6.45) is 5.30. The fourth-order valence-electron chi connectivity index (χ4n) is 2.44. The summed E-state index contributed by atoms with van der Waals surface area (Å²) in [7, 11) is 2.09. The molecule has 0 spiro atoms. The van der Waals surface area contributed by atoms with Crippen LogP contribution in [0.3, 0.4) is 0 Å². The largest absolute Gasteiger partial charge is 0.316 e. The molecule has 0 bridgehead atoms. The Kier molecular flexibility index (Phi) is 4.39. The lowest BCUT2D eigenvalue weighted by molar-refractivity contribution is 0.155. The van der Waals surface area contributed by atoms with Crippen LogP contribution in [0.15, 0.2) is 0 Å². The maximum atomic E-state index is 3.43. The van der Waals surface area contributed by atoms with Crippen molar-refractivity contribution in [2.45, 2.75) is 58.0 Å². The van der Waals surface area contributed by atoms with Gasteiger partial charge in [0.15, 0.2) is 0 Å². The highest BCUT2D eigenvalue weighted by Crippen LogP contribution is 2.28. The summed E-state index contributed by atoms with van der Waals surface area (Å²) in [5, 5.41) is 3.43. The van der Waals surface area contributed by atoms with Gasteiger partial charge in [0.05, 0.1) is 0 Å². The Hall–Kier alpha value is -0.0800. The molecule has 0 saturated carbocycles. The molecule has 84 valence electrons. The van der Waals surface area contributed by atoms with Gasteiger partial charge in [0, 0.05) is 18.1 Å². The van der Waals surface area contributed by atoms with E-state index in [-0.39, 0.29) is 0 Å². The summed E-state index contributed by atoms with van der Waals surface area (Å²) in [4.78, 5) is 2.64. The average molecular weight is 198 g/mol. The topological polar surface area (TPSA) is 15.3 Å². The fourth-order valence-corrected chi connectivity index (χ4v) is 2.44. The van der Waals surface area contributed by atoms with Gasteiger partial charge < -0.3 is 5.32 Å². The van der Waals surface area contributed by atoms with E-state index in [9.17, 15) is 0 Å². The van der Waals surface area contributed by atoms with Gasteiger partial charge in [-0.25, -0.2) is 0 Å². The van der Waals surface area contributed by atoms with E-state index in [0.717, 1.165) is 0 Å². The maximum Gasteiger partial charge on any atom is 0.0192 e. The number of rotatable bonds is 5. The van der Waals surface area contributed by atoms with Crippen LogP contribution in [-0.4, -0.2) is 36.6 Å². The zero-order chi connectivity index (χ0) is 10.6. The molecule has 1 unspecified atom stereocenters. The Morgan fingerprint density at radius 1 is 1.43 bits per heavy atom. The lowest BCUT2D eigenvalue weighted by Crippen LogP contribution is -2.46. The Morgan fingerprint density at radius 3 is 2.57 bits per heavy atom. The van der Waals surface area contributed by atoms with Crippen LogP contribution >= 0.6 is 0 Å². The van der Waals surface area contributed by atoms with Crippen molar-refractivity contribution in [3.63, 3.8) is 0 Å². The van der Waals surface area contributed by atoms with Crippen LogP contribution in [0, 0.1) is 0 Å². The second-order valence-corrected chi connectivity index (χ2v) is 5.14. The first-order valence-corrected chi connectivity index (χ1v) is 6.02. The molecule has 1 fully saturated rings. The zero-order valence-electron chi connectivity index (χ0n) is 10.3. The molecule has 0 aromatic rings. The van der Waals surface area contributed by atoms with Crippen molar-refractivity contribution in [2.24, 2.45) is 0 Å². The van der Waals surface area contributed by atoms with Crippen molar-refractivity contribution >= 4 is 0 Å². The molecule has 2 nitrogen and oxygen atoms in total. The molecule has 14 heavy (non-hydrogen) atoms. The zero-order valence-corrected chi connectivity index (χ0v) is 10.3. The van der Waals surface area contributed by atoms with E-state index in [0.29, 0.717) is 11.6 Å². The molecule has 1 heterocycles. The second kappa shape index (κ2) is 5.13.